The van der Waals surface area contributed by atoms with Gasteiger partial charge in [-0.05, 0) is 34.1 Å². The first kappa shape index (κ1) is 10.5. The van der Waals surface area contributed by atoms with Gasteiger partial charge in [0.25, 0.3) is 0 Å². The van der Waals surface area contributed by atoms with E-state index in [9.17, 15) is 0 Å². The highest BCUT2D eigenvalue weighted by Crippen LogP contribution is 2.49. The molecule has 1 heterocycles. The fourth-order valence-electron chi connectivity index (χ4n) is 2.54. The summed E-state index contributed by atoms with van der Waals surface area (Å²) in [6.07, 6.45) is 2.28. The van der Waals surface area contributed by atoms with Gasteiger partial charge in [-0.15, -0.1) is 0 Å². The number of hydrogen-bond acceptors (Lipinski definition) is 2. The summed E-state index contributed by atoms with van der Waals surface area (Å²) in [4.78, 5) is 2.32. The minimum Gasteiger partial charge on any atom is -0.273 e. The first-order chi connectivity index (χ1) is 5.88. The van der Waals surface area contributed by atoms with E-state index in [2.05, 4.69) is 45.6 Å². The van der Waals surface area contributed by atoms with Crippen LogP contribution in [0.3, 0.4) is 0 Å². The number of rotatable bonds is 2. The van der Waals surface area contributed by atoms with Crippen molar-refractivity contribution >= 4 is 0 Å². The Labute approximate surface area is 81.5 Å². The molecule has 0 aliphatic carbocycles. The molecule has 2 heteroatoms. The Balaban J connectivity index is 2.76. The summed E-state index contributed by atoms with van der Waals surface area (Å²) < 4.78 is 0. The molecule has 0 saturated carbocycles. The largest absolute Gasteiger partial charge is 0.273 e. The summed E-state index contributed by atoms with van der Waals surface area (Å²) >= 11 is 0. The lowest BCUT2D eigenvalue weighted by Gasteiger charge is -2.24. The SMILES string of the molecule is CCCC1(C)C(C#N)N1C(C)(C)C. The molecule has 1 aliphatic rings. The van der Waals surface area contributed by atoms with Crippen LogP contribution in [-0.2, 0) is 0 Å². The molecule has 0 aromatic carbocycles. The van der Waals surface area contributed by atoms with Gasteiger partial charge < -0.3 is 0 Å². The first-order valence-corrected chi connectivity index (χ1v) is 5.07. The Morgan fingerprint density at radius 3 is 2.23 bits per heavy atom. The van der Waals surface area contributed by atoms with Gasteiger partial charge in [-0.1, -0.05) is 13.3 Å². The van der Waals surface area contributed by atoms with E-state index in [1.165, 1.54) is 0 Å². The highest BCUT2D eigenvalue weighted by Gasteiger charge is 2.62. The number of nitrogens with zero attached hydrogens (tertiary/aromatic N) is 2. The van der Waals surface area contributed by atoms with E-state index in [1.807, 2.05) is 0 Å². The molecule has 3 atom stereocenters. The third kappa shape index (κ3) is 1.58. The molecular formula is C11H20N2. The van der Waals surface area contributed by atoms with Crippen LogP contribution in [0.4, 0.5) is 0 Å². The first-order valence-electron chi connectivity index (χ1n) is 5.07. The van der Waals surface area contributed by atoms with Crippen LogP contribution in [0.2, 0.25) is 0 Å². The van der Waals surface area contributed by atoms with Crippen LogP contribution in [0.5, 0.6) is 0 Å². The second-order valence-electron chi connectivity index (χ2n) is 5.18. The predicted molar refractivity (Wildman–Crippen MR) is 54.3 cm³/mol. The van der Waals surface area contributed by atoms with Crippen molar-refractivity contribution in [2.45, 2.75) is 64.6 Å². The van der Waals surface area contributed by atoms with E-state index in [0.717, 1.165) is 12.8 Å². The van der Waals surface area contributed by atoms with Gasteiger partial charge in [-0.25, -0.2) is 0 Å². The van der Waals surface area contributed by atoms with Gasteiger partial charge in [0.1, 0.15) is 6.04 Å². The van der Waals surface area contributed by atoms with Gasteiger partial charge in [-0.3, -0.25) is 4.90 Å². The van der Waals surface area contributed by atoms with Crippen molar-refractivity contribution in [2.75, 3.05) is 0 Å². The summed E-state index contributed by atoms with van der Waals surface area (Å²) in [5.41, 5.74) is 0.270. The maximum Gasteiger partial charge on any atom is 0.117 e. The fraction of sp³-hybridized carbons (Fsp3) is 0.909. The summed E-state index contributed by atoms with van der Waals surface area (Å²) in [5.74, 6) is 0. The topological polar surface area (TPSA) is 26.8 Å². The highest BCUT2D eigenvalue weighted by atomic mass is 15.4. The molecule has 1 rings (SSSR count). The van der Waals surface area contributed by atoms with Crippen molar-refractivity contribution in [2.24, 2.45) is 0 Å². The molecule has 0 N–H and O–H groups in total. The Hall–Kier alpha value is -0.550. The minimum atomic E-state index is 0.129. The second-order valence-corrected chi connectivity index (χ2v) is 5.18. The van der Waals surface area contributed by atoms with Gasteiger partial charge >= 0.3 is 0 Å². The average molecular weight is 180 g/mol. The van der Waals surface area contributed by atoms with Crippen LogP contribution >= 0.6 is 0 Å². The maximum atomic E-state index is 9.01. The Bertz CT molecular complexity index is 233. The Morgan fingerprint density at radius 2 is 2.00 bits per heavy atom. The highest BCUT2D eigenvalue weighted by molar-refractivity contribution is 5.26. The molecule has 1 aliphatic heterocycles. The zero-order valence-electron chi connectivity index (χ0n) is 9.39. The quantitative estimate of drug-likeness (QED) is 0.611. The third-order valence-corrected chi connectivity index (χ3v) is 2.93. The van der Waals surface area contributed by atoms with Crippen molar-refractivity contribution in [1.82, 2.24) is 4.90 Å². The molecule has 1 saturated heterocycles. The van der Waals surface area contributed by atoms with E-state index >= 15 is 0 Å². The van der Waals surface area contributed by atoms with E-state index in [4.69, 9.17) is 5.26 Å². The molecule has 0 amide bonds. The van der Waals surface area contributed by atoms with Gasteiger partial charge in [0.2, 0.25) is 0 Å². The molecule has 2 nitrogen and oxygen atoms in total. The van der Waals surface area contributed by atoms with Crippen molar-refractivity contribution in [3.63, 3.8) is 0 Å². The van der Waals surface area contributed by atoms with E-state index in [0.29, 0.717) is 0 Å². The lowest BCUT2D eigenvalue weighted by molar-refractivity contribution is 0.239. The smallest absolute Gasteiger partial charge is 0.117 e. The van der Waals surface area contributed by atoms with Gasteiger partial charge in [-0.2, -0.15) is 5.26 Å². The molecule has 0 spiro atoms. The zero-order valence-corrected chi connectivity index (χ0v) is 9.39. The van der Waals surface area contributed by atoms with Crippen molar-refractivity contribution in [3.8, 4) is 6.07 Å². The van der Waals surface area contributed by atoms with E-state index in [1.54, 1.807) is 0 Å². The molecule has 0 aromatic rings. The molecule has 3 unspecified atom stereocenters. The minimum absolute atomic E-state index is 0.129. The summed E-state index contributed by atoms with van der Waals surface area (Å²) in [5, 5.41) is 9.01. The fourth-order valence-corrected chi connectivity index (χ4v) is 2.54. The Morgan fingerprint density at radius 1 is 1.46 bits per heavy atom. The summed E-state index contributed by atoms with van der Waals surface area (Å²) in [6.45, 7) is 10.9. The molecule has 74 valence electrons. The van der Waals surface area contributed by atoms with Gasteiger partial charge in [0.15, 0.2) is 0 Å². The van der Waals surface area contributed by atoms with Gasteiger partial charge in [0.05, 0.1) is 6.07 Å². The van der Waals surface area contributed by atoms with Crippen LogP contribution in [0, 0.1) is 11.3 Å². The van der Waals surface area contributed by atoms with E-state index in [-0.39, 0.29) is 17.1 Å². The molecule has 0 bridgehead atoms. The summed E-state index contributed by atoms with van der Waals surface area (Å²) in [7, 11) is 0. The number of nitriles is 1. The predicted octanol–water partition coefficient (Wildman–Crippen LogP) is 2.55. The molecule has 13 heavy (non-hydrogen) atoms. The molecule has 1 fully saturated rings. The van der Waals surface area contributed by atoms with Crippen LogP contribution in [0.15, 0.2) is 0 Å². The zero-order chi connectivity index (χ0) is 10.3. The number of hydrogen-bond donors (Lipinski definition) is 0. The lowest BCUT2D eigenvalue weighted by Crippen LogP contribution is -2.31. The van der Waals surface area contributed by atoms with Crippen molar-refractivity contribution < 1.29 is 0 Å². The summed E-state index contributed by atoms with van der Waals surface area (Å²) in [6, 6.07) is 2.53. The Kier molecular flexibility index (Phi) is 2.42. The third-order valence-electron chi connectivity index (χ3n) is 2.93. The second kappa shape index (κ2) is 2.99. The van der Waals surface area contributed by atoms with Crippen molar-refractivity contribution in [3.05, 3.63) is 0 Å². The standard InChI is InChI=1S/C11H20N2/c1-6-7-11(5)9(8-12)13(11)10(2,3)4/h9H,6-7H2,1-5H3. The van der Waals surface area contributed by atoms with Crippen LogP contribution in [0.25, 0.3) is 0 Å². The molecular weight excluding hydrogens is 160 g/mol. The van der Waals surface area contributed by atoms with Crippen LogP contribution in [-0.4, -0.2) is 22.0 Å². The molecule has 0 aromatic heterocycles. The van der Waals surface area contributed by atoms with Crippen LogP contribution in [0.1, 0.15) is 47.5 Å². The normalized spacial score (nSPS) is 38.5. The van der Waals surface area contributed by atoms with Crippen molar-refractivity contribution in [1.29, 1.82) is 5.26 Å². The maximum absolute atomic E-state index is 9.01. The molecule has 0 radical (unpaired) electrons. The average Bonchev–Trinajstić information content (AvgIpc) is 2.55. The van der Waals surface area contributed by atoms with E-state index < -0.39 is 0 Å². The van der Waals surface area contributed by atoms with Crippen LogP contribution < -0.4 is 0 Å². The monoisotopic (exact) mass is 180 g/mol. The van der Waals surface area contributed by atoms with Gasteiger partial charge in [0, 0.05) is 11.1 Å². The lowest BCUT2D eigenvalue weighted by atomic mass is 10.0.